The molecule has 1 aromatic heterocycles. The second kappa shape index (κ2) is 11.0. The van der Waals surface area contributed by atoms with Crippen LogP contribution >= 0.6 is 24.8 Å². The van der Waals surface area contributed by atoms with E-state index >= 15 is 0 Å². The number of carbonyl (C=O) groups excluding carboxylic acids is 1. The van der Waals surface area contributed by atoms with Gasteiger partial charge in [-0.05, 0) is 48.2 Å². The van der Waals surface area contributed by atoms with Crippen molar-refractivity contribution in [3.8, 4) is 11.1 Å². The Balaban J connectivity index is 0.00000150. The van der Waals surface area contributed by atoms with E-state index < -0.39 is 0 Å². The molecule has 1 aliphatic heterocycles. The highest BCUT2D eigenvalue weighted by molar-refractivity contribution is 5.93. The number of hydrogen-bond donors (Lipinski definition) is 2. The average Bonchev–Trinajstić information content (AvgIpc) is 3.18. The van der Waals surface area contributed by atoms with Crippen molar-refractivity contribution in [2.75, 3.05) is 18.4 Å². The van der Waals surface area contributed by atoms with Crippen LogP contribution in [0.4, 0.5) is 5.69 Å². The molecule has 4 nitrogen and oxygen atoms in total. The fourth-order valence-electron chi connectivity index (χ4n) is 3.72. The summed E-state index contributed by atoms with van der Waals surface area (Å²) < 4.78 is 0. The third kappa shape index (κ3) is 5.80. The maximum absolute atomic E-state index is 12.9. The topological polar surface area (TPSA) is 54.0 Å². The molecule has 0 spiro atoms. The van der Waals surface area contributed by atoms with Crippen LogP contribution in [-0.2, 0) is 11.2 Å². The molecule has 0 unspecified atom stereocenters. The normalized spacial score (nSPS) is 17.7. The highest BCUT2D eigenvalue weighted by atomic mass is 35.5. The average molecular weight is 430 g/mol. The summed E-state index contributed by atoms with van der Waals surface area (Å²) in [4.78, 5) is 17.1. The molecule has 152 valence electrons. The Hall–Kier alpha value is -2.40. The first-order chi connectivity index (χ1) is 13.3. The third-order valence-electron chi connectivity index (χ3n) is 5.14. The minimum Gasteiger partial charge on any atom is -0.326 e. The highest BCUT2D eigenvalue weighted by Crippen LogP contribution is 2.25. The number of nitrogens with zero attached hydrogens (tertiary/aromatic N) is 1. The number of benzene rings is 2. The molecule has 2 atom stereocenters. The van der Waals surface area contributed by atoms with Gasteiger partial charge in [-0.2, -0.15) is 0 Å². The van der Waals surface area contributed by atoms with Gasteiger partial charge < -0.3 is 10.6 Å². The molecule has 1 amide bonds. The minimum absolute atomic E-state index is 0. The molecule has 1 aliphatic rings. The molecule has 1 fully saturated rings. The molecule has 2 heterocycles. The Morgan fingerprint density at radius 2 is 1.76 bits per heavy atom. The summed E-state index contributed by atoms with van der Waals surface area (Å²) in [6.07, 6.45) is 4.51. The van der Waals surface area contributed by atoms with E-state index in [1.807, 2.05) is 48.7 Å². The third-order valence-corrected chi connectivity index (χ3v) is 5.14. The molecule has 0 radical (unpaired) electrons. The zero-order chi connectivity index (χ0) is 18.5. The van der Waals surface area contributed by atoms with E-state index in [1.54, 1.807) is 6.20 Å². The minimum atomic E-state index is -0.0211. The second-order valence-electron chi connectivity index (χ2n) is 7.03. The summed E-state index contributed by atoms with van der Waals surface area (Å²) >= 11 is 0. The molecule has 0 bridgehead atoms. The summed E-state index contributed by atoms with van der Waals surface area (Å²) in [5.74, 6) is 0.380. The van der Waals surface area contributed by atoms with Crippen molar-refractivity contribution < 1.29 is 4.79 Å². The van der Waals surface area contributed by atoms with Gasteiger partial charge in [0.05, 0.1) is 5.92 Å². The van der Waals surface area contributed by atoms with Gasteiger partial charge in [0.15, 0.2) is 0 Å². The quantitative estimate of drug-likeness (QED) is 0.622. The van der Waals surface area contributed by atoms with Gasteiger partial charge in [-0.15, -0.1) is 24.8 Å². The van der Waals surface area contributed by atoms with E-state index in [1.165, 1.54) is 5.56 Å². The summed E-state index contributed by atoms with van der Waals surface area (Å²) in [5, 5.41) is 6.49. The molecule has 1 saturated heterocycles. The number of pyridine rings is 1. The van der Waals surface area contributed by atoms with Gasteiger partial charge in [0, 0.05) is 30.2 Å². The Morgan fingerprint density at radius 3 is 2.52 bits per heavy atom. The number of aromatic nitrogens is 1. The van der Waals surface area contributed by atoms with Crippen molar-refractivity contribution in [3.63, 3.8) is 0 Å². The van der Waals surface area contributed by atoms with Gasteiger partial charge in [-0.3, -0.25) is 9.78 Å². The van der Waals surface area contributed by atoms with E-state index in [-0.39, 0.29) is 36.6 Å². The fourth-order valence-corrected chi connectivity index (χ4v) is 3.72. The van der Waals surface area contributed by atoms with Crippen LogP contribution in [0.15, 0.2) is 79.1 Å². The first-order valence-electron chi connectivity index (χ1n) is 9.35. The number of nitrogens with one attached hydrogen (secondary N) is 2. The van der Waals surface area contributed by atoms with Gasteiger partial charge in [-0.25, -0.2) is 0 Å². The van der Waals surface area contributed by atoms with E-state index in [0.29, 0.717) is 5.92 Å². The lowest BCUT2D eigenvalue weighted by atomic mass is 9.89. The van der Waals surface area contributed by atoms with Gasteiger partial charge in [0.25, 0.3) is 0 Å². The van der Waals surface area contributed by atoms with Crippen LogP contribution in [0.3, 0.4) is 0 Å². The molecule has 0 aliphatic carbocycles. The van der Waals surface area contributed by atoms with Crippen molar-refractivity contribution >= 4 is 36.4 Å². The van der Waals surface area contributed by atoms with Crippen LogP contribution in [0.1, 0.15) is 5.56 Å². The molecule has 3 aromatic rings. The Kier molecular flexibility index (Phi) is 8.65. The van der Waals surface area contributed by atoms with Crippen molar-refractivity contribution in [1.82, 2.24) is 10.3 Å². The Labute approximate surface area is 184 Å². The standard InChI is InChI=1S/C23H23N3O.2ClH/c27-23(22-16-25-15-20(22)12-17-6-2-1-3-7-17)26-21-10-4-8-18(13-21)19-9-5-11-24-14-19;;/h1-11,13-14,20,22,25H,12,15-16H2,(H,26,27);2*1H/t20-,22-;;/m1../s1. The van der Waals surface area contributed by atoms with Gasteiger partial charge in [0.2, 0.25) is 5.91 Å². The molecular weight excluding hydrogens is 405 g/mol. The Morgan fingerprint density at radius 1 is 0.966 bits per heavy atom. The van der Waals surface area contributed by atoms with Crippen molar-refractivity contribution in [2.45, 2.75) is 6.42 Å². The predicted octanol–water partition coefficient (Wildman–Crippen LogP) is 4.61. The molecule has 6 heteroatoms. The number of rotatable bonds is 5. The number of carbonyl (C=O) groups is 1. The van der Waals surface area contributed by atoms with Crippen molar-refractivity contribution in [2.24, 2.45) is 11.8 Å². The Bertz CT molecular complexity index is 906. The molecule has 0 saturated carbocycles. The first kappa shape index (κ1) is 22.9. The highest BCUT2D eigenvalue weighted by Gasteiger charge is 2.32. The molecule has 4 rings (SSSR count). The first-order valence-corrected chi connectivity index (χ1v) is 9.35. The van der Waals surface area contributed by atoms with Gasteiger partial charge in [-0.1, -0.05) is 48.5 Å². The smallest absolute Gasteiger partial charge is 0.229 e. The van der Waals surface area contributed by atoms with Crippen molar-refractivity contribution in [1.29, 1.82) is 0 Å². The monoisotopic (exact) mass is 429 g/mol. The summed E-state index contributed by atoms with van der Waals surface area (Å²) in [6.45, 7) is 1.61. The zero-order valence-electron chi connectivity index (χ0n) is 16.0. The van der Waals surface area contributed by atoms with E-state index in [2.05, 4.69) is 39.9 Å². The SMILES string of the molecule is Cl.Cl.O=C(Nc1cccc(-c2cccnc2)c1)[C@@H]1CNC[C@H]1Cc1ccccc1. The van der Waals surface area contributed by atoms with Crippen LogP contribution in [-0.4, -0.2) is 24.0 Å². The second-order valence-corrected chi connectivity index (χ2v) is 7.03. The fraction of sp³-hybridized carbons (Fsp3) is 0.217. The summed E-state index contributed by atoms with van der Waals surface area (Å²) in [6, 6.07) is 22.3. The number of anilines is 1. The molecule has 29 heavy (non-hydrogen) atoms. The van der Waals surface area contributed by atoms with Gasteiger partial charge >= 0.3 is 0 Å². The zero-order valence-corrected chi connectivity index (χ0v) is 17.6. The van der Waals surface area contributed by atoms with Crippen LogP contribution < -0.4 is 10.6 Å². The maximum Gasteiger partial charge on any atom is 0.229 e. The molecular formula is C23H25Cl2N3O. The van der Waals surface area contributed by atoms with E-state index in [0.717, 1.165) is 36.3 Å². The van der Waals surface area contributed by atoms with Crippen LogP contribution in [0, 0.1) is 11.8 Å². The largest absolute Gasteiger partial charge is 0.326 e. The summed E-state index contributed by atoms with van der Waals surface area (Å²) in [7, 11) is 0. The number of halogens is 2. The summed E-state index contributed by atoms with van der Waals surface area (Å²) in [5.41, 5.74) is 4.19. The predicted molar refractivity (Wildman–Crippen MR) is 123 cm³/mol. The van der Waals surface area contributed by atoms with Crippen molar-refractivity contribution in [3.05, 3.63) is 84.7 Å². The van der Waals surface area contributed by atoms with E-state index in [9.17, 15) is 4.79 Å². The lowest BCUT2D eigenvalue weighted by molar-refractivity contribution is -0.120. The molecule has 2 N–H and O–H groups in total. The van der Waals surface area contributed by atoms with Crippen LogP contribution in [0.25, 0.3) is 11.1 Å². The molecule has 2 aromatic carbocycles. The number of hydrogen-bond acceptors (Lipinski definition) is 3. The number of amides is 1. The lowest BCUT2D eigenvalue weighted by Gasteiger charge is -2.18. The lowest BCUT2D eigenvalue weighted by Crippen LogP contribution is -2.29. The van der Waals surface area contributed by atoms with Gasteiger partial charge in [0.1, 0.15) is 0 Å². The van der Waals surface area contributed by atoms with E-state index in [4.69, 9.17) is 0 Å². The van der Waals surface area contributed by atoms with Crippen LogP contribution in [0.5, 0.6) is 0 Å². The maximum atomic E-state index is 12.9. The van der Waals surface area contributed by atoms with Crippen LogP contribution in [0.2, 0.25) is 0 Å².